The topological polar surface area (TPSA) is 165 Å². The Hall–Kier alpha value is -8.05. The second kappa shape index (κ2) is 25.4. The number of carboxylic acid groups (broad SMARTS) is 2. The maximum absolute atomic E-state index is 14.6. The number of aromatic nitrogens is 1. The van der Waals surface area contributed by atoms with Crippen molar-refractivity contribution in [1.29, 1.82) is 0 Å². The number of thiocarbonyl (C=S) groups is 1. The van der Waals surface area contributed by atoms with Crippen LogP contribution in [0.5, 0.6) is 0 Å². The number of nitrogens with zero attached hydrogens (tertiary/aromatic N) is 4. The summed E-state index contributed by atoms with van der Waals surface area (Å²) in [5.74, 6) is -2.87. The number of nitrogens with one attached hydrogen (secondary N) is 2. The number of hydrogen-bond acceptors (Lipinski definition) is 11. The summed E-state index contributed by atoms with van der Waals surface area (Å²) in [4.78, 5) is 72.4. The molecule has 1 unspecified atom stereocenters. The number of allylic oxidation sites excluding steroid dienone is 6. The molecule has 16 heteroatoms. The van der Waals surface area contributed by atoms with E-state index in [1.807, 2.05) is 60.7 Å². The summed E-state index contributed by atoms with van der Waals surface area (Å²) < 4.78 is 1.81. The zero-order valence-corrected chi connectivity index (χ0v) is 51.1. The van der Waals surface area contributed by atoms with Crippen molar-refractivity contribution in [3.05, 3.63) is 199 Å². The van der Waals surface area contributed by atoms with E-state index in [1.54, 1.807) is 19.1 Å². The van der Waals surface area contributed by atoms with E-state index in [2.05, 4.69) is 153 Å². The average Bonchev–Trinajstić information content (AvgIpc) is 1.79. The summed E-state index contributed by atoms with van der Waals surface area (Å²) in [6, 6.07) is 41.2. The molecular formula is C68H72N6O7S3. The Bertz CT molecular complexity index is 4020. The minimum atomic E-state index is -0.949. The standard InChI is InChI=1S/C68H72N6O7S3/c1-8-37-72-53-23-15-14-22-50(53)67(5,6)56(72)32-31-55-63(80)74(65(84-55)62(83)64(81)71(9-2)43-82)42-58(75)70-48-28-29-52(69-36-33-59(76)77)51(40-48)66(3,4)35-17-16-24-57-68(7,41-44-25-26-45-18-10-11-20-47(45)39-44)61-49-21-13-12-19-46(49)27-30-54(61)73(57)38-34-60(78)79/h10-32,39-40,43,69,83H,8-9,33-38,41-42H2,1-7H3,(H,70,75)(H,76,77)(H,78,79). The Labute approximate surface area is 505 Å². The number of para-hydroxylation sites is 1. The number of amides is 2. The van der Waals surface area contributed by atoms with Crippen LogP contribution >= 0.6 is 36.2 Å². The summed E-state index contributed by atoms with van der Waals surface area (Å²) in [6.45, 7) is 15.7. The third-order valence-corrected chi connectivity index (χ3v) is 18.2. The first-order valence-corrected chi connectivity index (χ1v) is 30.2. The molecule has 0 saturated carbocycles. The molecule has 1 aromatic heterocycles. The third-order valence-electron chi connectivity index (χ3n) is 16.2. The maximum Gasteiger partial charge on any atom is 0.305 e. The Kier molecular flexibility index (Phi) is 18.3. The van der Waals surface area contributed by atoms with Gasteiger partial charge in [-0.15, -0.1) is 24.0 Å². The van der Waals surface area contributed by atoms with Crippen molar-refractivity contribution in [2.45, 2.75) is 103 Å². The molecule has 1 atom stereocenters. The van der Waals surface area contributed by atoms with Gasteiger partial charge in [-0.1, -0.05) is 150 Å². The van der Waals surface area contributed by atoms with Gasteiger partial charge in [0.15, 0.2) is 0 Å². The SMILES string of the molecule is CCCN1C(=CC=c2sc(=C(S)C(=O)N(C=S)CC)n(CC(=O)Nc3ccc(NCCC(=O)O)c(C(C)(C)CC=CC=C4N(CCC(=O)O)c5ccc6ccccc6c5C4(C)Cc4ccc5ccccc5c4)c3)c2=O)C(C)(C)c2ccccc21. The highest BCUT2D eigenvalue weighted by molar-refractivity contribution is 7.91. The van der Waals surface area contributed by atoms with Crippen molar-refractivity contribution in [3.63, 3.8) is 0 Å². The van der Waals surface area contributed by atoms with Gasteiger partial charge >= 0.3 is 11.9 Å². The molecule has 0 bridgehead atoms. The lowest BCUT2D eigenvalue weighted by Gasteiger charge is -2.31. The number of aliphatic carboxylic acids is 2. The minimum absolute atomic E-state index is 0.0284. The highest BCUT2D eigenvalue weighted by Crippen LogP contribution is 2.53. The van der Waals surface area contributed by atoms with Crippen LogP contribution in [0.2, 0.25) is 0 Å². The van der Waals surface area contributed by atoms with Gasteiger partial charge in [-0.25, -0.2) is 0 Å². The van der Waals surface area contributed by atoms with Gasteiger partial charge in [-0.2, -0.15) is 0 Å². The smallest absolute Gasteiger partial charge is 0.305 e. The van der Waals surface area contributed by atoms with Gasteiger partial charge in [0.05, 0.1) is 22.9 Å². The molecule has 2 aliphatic heterocycles. The predicted octanol–water partition coefficient (Wildman–Crippen LogP) is 12.1. The van der Waals surface area contributed by atoms with E-state index in [1.165, 1.54) is 20.5 Å². The molecule has 0 saturated heterocycles. The van der Waals surface area contributed by atoms with E-state index < -0.39 is 46.7 Å². The summed E-state index contributed by atoms with van der Waals surface area (Å²) in [5, 5.41) is 30.5. The van der Waals surface area contributed by atoms with Crippen molar-refractivity contribution in [3.8, 4) is 0 Å². The Morgan fingerprint density at radius 1 is 0.774 bits per heavy atom. The number of anilines is 4. The molecule has 0 spiro atoms. The van der Waals surface area contributed by atoms with Crippen molar-refractivity contribution in [1.82, 2.24) is 9.47 Å². The highest BCUT2D eigenvalue weighted by atomic mass is 32.1. The van der Waals surface area contributed by atoms with E-state index in [9.17, 15) is 34.2 Å². The van der Waals surface area contributed by atoms with Gasteiger partial charge < -0.3 is 35.5 Å². The number of hydrogen-bond donors (Lipinski definition) is 5. The quantitative estimate of drug-likeness (QED) is 0.0324. The van der Waals surface area contributed by atoms with Gasteiger partial charge in [0, 0.05) is 71.2 Å². The minimum Gasteiger partial charge on any atom is -0.481 e. The van der Waals surface area contributed by atoms with Crippen LogP contribution in [0, 0.1) is 0 Å². The molecule has 7 aromatic rings. The van der Waals surface area contributed by atoms with Crippen LogP contribution in [0.3, 0.4) is 0 Å². The lowest BCUT2D eigenvalue weighted by molar-refractivity contribution is -0.137. The van der Waals surface area contributed by atoms with Gasteiger partial charge in [0.1, 0.15) is 16.1 Å². The average molecular weight is 1180 g/mol. The van der Waals surface area contributed by atoms with Crippen LogP contribution < -0.4 is 35.2 Å². The van der Waals surface area contributed by atoms with E-state index in [0.717, 1.165) is 85.3 Å². The molecule has 9 rings (SSSR count). The highest BCUT2D eigenvalue weighted by Gasteiger charge is 2.45. The molecule has 2 aliphatic rings. The number of thiol groups is 1. The molecule has 13 nitrogen and oxygen atoms in total. The Balaban J connectivity index is 1.05. The number of rotatable bonds is 22. The predicted molar refractivity (Wildman–Crippen MR) is 350 cm³/mol. The van der Waals surface area contributed by atoms with Crippen LogP contribution in [0.1, 0.15) is 96.4 Å². The molecule has 2 amide bonds. The number of carbonyl (C=O) groups excluding carboxylic acids is 2. The second-order valence-corrected chi connectivity index (χ2v) is 24.5. The van der Waals surface area contributed by atoms with Crippen molar-refractivity contribution < 1.29 is 29.4 Å². The molecule has 434 valence electrons. The number of thiazole rings is 1. The van der Waals surface area contributed by atoms with Gasteiger partial charge in [-0.05, 0) is 131 Å². The van der Waals surface area contributed by atoms with Crippen molar-refractivity contribution in [2.75, 3.05) is 46.6 Å². The first kappa shape index (κ1) is 60.5. The van der Waals surface area contributed by atoms with Crippen LogP contribution in [0.4, 0.5) is 22.7 Å². The fourth-order valence-corrected chi connectivity index (χ4v) is 13.6. The Morgan fingerprint density at radius 2 is 1.46 bits per heavy atom. The van der Waals surface area contributed by atoms with Crippen molar-refractivity contribution >= 4 is 121 Å². The number of carboxylic acids is 2. The molecule has 0 aliphatic carbocycles. The molecule has 0 radical (unpaired) electrons. The molecule has 4 N–H and O–H groups in total. The molecule has 3 heterocycles. The van der Waals surface area contributed by atoms with Gasteiger partial charge in [0.2, 0.25) is 5.91 Å². The zero-order chi connectivity index (χ0) is 60.1. The molecule has 6 aromatic carbocycles. The number of carbonyl (C=O) groups is 4. The van der Waals surface area contributed by atoms with Crippen LogP contribution in [-0.4, -0.2) is 75.1 Å². The normalized spacial score (nSPS) is 17.1. The van der Waals surface area contributed by atoms with Crippen LogP contribution in [0.25, 0.3) is 32.5 Å². The largest absolute Gasteiger partial charge is 0.481 e. The summed E-state index contributed by atoms with van der Waals surface area (Å²) >= 11 is 10.9. The fraction of sp³-hybridized carbons (Fsp3) is 0.294. The van der Waals surface area contributed by atoms with Gasteiger partial charge in [0.25, 0.3) is 11.5 Å². The van der Waals surface area contributed by atoms with E-state index in [0.29, 0.717) is 28.7 Å². The maximum atomic E-state index is 14.6. The zero-order valence-electron chi connectivity index (χ0n) is 48.6. The van der Waals surface area contributed by atoms with E-state index >= 15 is 0 Å². The lowest BCUT2D eigenvalue weighted by Crippen LogP contribution is -2.38. The second-order valence-electron chi connectivity index (χ2n) is 22.8. The molecular weight excluding hydrogens is 1110 g/mol. The lowest BCUT2D eigenvalue weighted by atomic mass is 9.74. The van der Waals surface area contributed by atoms with Crippen molar-refractivity contribution in [2.24, 2.45) is 0 Å². The number of fused-ring (bicyclic) bond motifs is 5. The summed E-state index contributed by atoms with van der Waals surface area (Å²) in [5.41, 5.74) is 8.72. The summed E-state index contributed by atoms with van der Waals surface area (Å²) in [6.07, 6.45) is 11.8. The van der Waals surface area contributed by atoms with Gasteiger partial charge in [-0.3, -0.25) is 28.5 Å². The molecule has 0 fully saturated rings. The number of benzene rings is 6. The Morgan fingerprint density at radius 3 is 2.19 bits per heavy atom. The molecule has 84 heavy (non-hydrogen) atoms. The van der Waals surface area contributed by atoms with Crippen LogP contribution in [0.15, 0.2) is 162 Å². The van der Waals surface area contributed by atoms with E-state index in [-0.39, 0.29) is 47.5 Å². The first-order valence-electron chi connectivity index (χ1n) is 28.5. The van der Waals surface area contributed by atoms with E-state index in [4.69, 9.17) is 12.2 Å². The fourth-order valence-electron chi connectivity index (χ4n) is 12.0. The monoisotopic (exact) mass is 1180 g/mol. The first-order chi connectivity index (χ1) is 40.2. The van der Waals surface area contributed by atoms with Crippen LogP contribution in [-0.2, 0) is 48.4 Å². The third kappa shape index (κ3) is 12.4. The summed E-state index contributed by atoms with van der Waals surface area (Å²) in [7, 11) is 0.